The molecule has 1 aliphatic rings. The van der Waals surface area contributed by atoms with Crippen LogP contribution in [0.5, 0.6) is 0 Å². The second-order valence-corrected chi connectivity index (χ2v) is 4.97. The number of rotatable bonds is 4. The highest BCUT2D eigenvalue weighted by atomic mass is 16.6. The van der Waals surface area contributed by atoms with Crippen molar-refractivity contribution in [2.45, 2.75) is 25.3 Å². The highest BCUT2D eigenvalue weighted by molar-refractivity contribution is 5.63. The number of hydrogen-bond donors (Lipinski definition) is 3. The third-order valence-electron chi connectivity index (χ3n) is 3.34. The molecular weight excluding hydrogens is 248 g/mol. The summed E-state index contributed by atoms with van der Waals surface area (Å²) in [5.41, 5.74) is 3.53. The highest BCUT2D eigenvalue weighted by Gasteiger charge is 2.27. The number of non-ortho nitro benzene ring substituents is 1. The van der Waals surface area contributed by atoms with Gasteiger partial charge in [0.1, 0.15) is 0 Å². The number of hydrazine groups is 1. The molecule has 1 saturated heterocycles. The minimum atomic E-state index is -0.432. The molecule has 1 heterocycles. The Kier molecular flexibility index (Phi) is 3.87. The lowest BCUT2D eigenvalue weighted by atomic mass is 9.92. The molecule has 0 amide bonds. The number of nitro groups is 1. The molecule has 0 radical (unpaired) electrons. The molecule has 2 rings (SSSR count). The molecule has 19 heavy (non-hydrogen) atoms. The molecule has 7 nitrogen and oxygen atoms in total. The van der Waals surface area contributed by atoms with E-state index in [0.717, 1.165) is 12.8 Å². The quantitative estimate of drug-likeness (QED) is 0.436. The standard InChI is InChI=1S/C12H18N4O3/c1-12(2-4-19-5-3-12)14-9-6-10(15-13)8-11(7-9)16(17)18/h6-8,14-15H,2-5,13H2,1H3. The number of anilines is 2. The van der Waals surface area contributed by atoms with E-state index in [4.69, 9.17) is 10.6 Å². The Morgan fingerprint density at radius 3 is 2.53 bits per heavy atom. The van der Waals surface area contributed by atoms with Gasteiger partial charge in [0.25, 0.3) is 5.69 Å². The monoisotopic (exact) mass is 266 g/mol. The van der Waals surface area contributed by atoms with Crippen LogP contribution in [0.25, 0.3) is 0 Å². The number of nitrogen functional groups attached to an aromatic ring is 1. The summed E-state index contributed by atoms with van der Waals surface area (Å²) in [6.45, 7) is 3.48. The van der Waals surface area contributed by atoms with Gasteiger partial charge in [-0.15, -0.1) is 0 Å². The molecule has 0 unspecified atom stereocenters. The van der Waals surface area contributed by atoms with Crippen LogP contribution >= 0.6 is 0 Å². The molecular formula is C12H18N4O3. The van der Waals surface area contributed by atoms with Crippen LogP contribution in [-0.2, 0) is 4.74 Å². The van der Waals surface area contributed by atoms with Crippen molar-refractivity contribution in [2.75, 3.05) is 24.0 Å². The van der Waals surface area contributed by atoms with Crippen LogP contribution < -0.4 is 16.6 Å². The zero-order valence-corrected chi connectivity index (χ0v) is 10.8. The first-order valence-electron chi connectivity index (χ1n) is 6.14. The first kappa shape index (κ1) is 13.6. The van der Waals surface area contributed by atoms with Crippen LogP contribution in [0.2, 0.25) is 0 Å². The van der Waals surface area contributed by atoms with E-state index in [1.54, 1.807) is 6.07 Å². The Labute approximate surface area is 111 Å². The molecule has 0 bridgehead atoms. The molecule has 1 fully saturated rings. The Morgan fingerprint density at radius 2 is 1.95 bits per heavy atom. The van der Waals surface area contributed by atoms with E-state index in [0.29, 0.717) is 24.6 Å². The van der Waals surface area contributed by atoms with Gasteiger partial charge in [-0.2, -0.15) is 0 Å². The average Bonchev–Trinajstić information content (AvgIpc) is 2.38. The van der Waals surface area contributed by atoms with Crippen molar-refractivity contribution in [1.82, 2.24) is 0 Å². The normalized spacial score (nSPS) is 17.8. The fourth-order valence-electron chi connectivity index (χ4n) is 2.17. The lowest BCUT2D eigenvalue weighted by Gasteiger charge is -2.35. The molecule has 1 aliphatic heterocycles. The molecule has 1 aromatic rings. The van der Waals surface area contributed by atoms with Gasteiger partial charge >= 0.3 is 0 Å². The largest absolute Gasteiger partial charge is 0.381 e. The summed E-state index contributed by atoms with van der Waals surface area (Å²) in [4.78, 5) is 10.5. The zero-order valence-electron chi connectivity index (χ0n) is 10.8. The molecule has 1 aromatic carbocycles. The molecule has 4 N–H and O–H groups in total. The van der Waals surface area contributed by atoms with Crippen LogP contribution in [0.3, 0.4) is 0 Å². The number of nitrogens with two attached hydrogens (primary N) is 1. The van der Waals surface area contributed by atoms with Crippen molar-refractivity contribution < 1.29 is 9.66 Å². The molecule has 104 valence electrons. The van der Waals surface area contributed by atoms with E-state index < -0.39 is 4.92 Å². The van der Waals surface area contributed by atoms with Gasteiger partial charge in [-0.25, -0.2) is 0 Å². The summed E-state index contributed by atoms with van der Waals surface area (Å²) in [5.74, 6) is 5.33. The second kappa shape index (κ2) is 5.41. The third-order valence-corrected chi connectivity index (χ3v) is 3.34. The van der Waals surface area contributed by atoms with Crippen LogP contribution in [0, 0.1) is 10.1 Å². The Hall–Kier alpha value is -1.86. The van der Waals surface area contributed by atoms with Crippen molar-refractivity contribution in [1.29, 1.82) is 0 Å². The Balaban J connectivity index is 2.23. The van der Waals surface area contributed by atoms with Crippen LogP contribution in [0.1, 0.15) is 19.8 Å². The van der Waals surface area contributed by atoms with Gasteiger partial charge in [-0.3, -0.25) is 16.0 Å². The van der Waals surface area contributed by atoms with Gasteiger partial charge in [0, 0.05) is 36.6 Å². The summed E-state index contributed by atoms with van der Waals surface area (Å²) < 4.78 is 5.33. The second-order valence-electron chi connectivity index (χ2n) is 4.97. The van der Waals surface area contributed by atoms with Gasteiger partial charge in [0.2, 0.25) is 0 Å². The fraction of sp³-hybridized carbons (Fsp3) is 0.500. The smallest absolute Gasteiger partial charge is 0.273 e. The number of nitrogens with zero attached hydrogens (tertiary/aromatic N) is 1. The molecule has 7 heteroatoms. The zero-order chi connectivity index (χ0) is 13.9. The van der Waals surface area contributed by atoms with Crippen LogP contribution in [0.15, 0.2) is 18.2 Å². The SMILES string of the molecule is CC1(Nc2cc(NN)cc([N+](=O)[O-])c2)CCOCC1. The number of ether oxygens (including phenoxy) is 1. The van der Waals surface area contributed by atoms with E-state index in [1.165, 1.54) is 12.1 Å². The Bertz CT molecular complexity index is 472. The van der Waals surface area contributed by atoms with E-state index in [9.17, 15) is 10.1 Å². The number of nitrogens with one attached hydrogen (secondary N) is 2. The van der Waals surface area contributed by atoms with Crippen molar-refractivity contribution in [3.8, 4) is 0 Å². The molecule has 0 spiro atoms. The van der Waals surface area contributed by atoms with Gasteiger partial charge in [-0.1, -0.05) is 0 Å². The topological polar surface area (TPSA) is 102 Å². The number of nitro benzene ring substituents is 1. The lowest BCUT2D eigenvalue weighted by Crippen LogP contribution is -2.40. The van der Waals surface area contributed by atoms with E-state index in [-0.39, 0.29) is 11.2 Å². The number of hydrogen-bond acceptors (Lipinski definition) is 6. The van der Waals surface area contributed by atoms with Crippen molar-refractivity contribution in [3.63, 3.8) is 0 Å². The van der Waals surface area contributed by atoms with Crippen LogP contribution in [-0.4, -0.2) is 23.7 Å². The lowest BCUT2D eigenvalue weighted by molar-refractivity contribution is -0.384. The van der Waals surface area contributed by atoms with Gasteiger partial charge < -0.3 is 15.5 Å². The maximum atomic E-state index is 10.9. The fourth-order valence-corrected chi connectivity index (χ4v) is 2.17. The predicted octanol–water partition coefficient (Wildman–Crippen LogP) is 1.86. The van der Waals surface area contributed by atoms with E-state index in [2.05, 4.69) is 17.7 Å². The minimum Gasteiger partial charge on any atom is -0.381 e. The van der Waals surface area contributed by atoms with Crippen LogP contribution in [0.4, 0.5) is 17.1 Å². The average molecular weight is 266 g/mol. The van der Waals surface area contributed by atoms with Gasteiger partial charge in [-0.05, 0) is 25.8 Å². The van der Waals surface area contributed by atoms with Gasteiger partial charge in [0.15, 0.2) is 0 Å². The number of benzene rings is 1. The minimum absolute atomic E-state index is 0.00797. The first-order chi connectivity index (χ1) is 9.02. The van der Waals surface area contributed by atoms with Crippen molar-refractivity contribution in [3.05, 3.63) is 28.3 Å². The molecule has 0 aromatic heterocycles. The predicted molar refractivity (Wildman–Crippen MR) is 73.0 cm³/mol. The maximum absolute atomic E-state index is 10.9. The Morgan fingerprint density at radius 1 is 1.32 bits per heavy atom. The van der Waals surface area contributed by atoms with Gasteiger partial charge in [0.05, 0.1) is 10.6 Å². The summed E-state index contributed by atoms with van der Waals surface area (Å²) >= 11 is 0. The van der Waals surface area contributed by atoms with E-state index >= 15 is 0 Å². The first-order valence-corrected chi connectivity index (χ1v) is 6.14. The van der Waals surface area contributed by atoms with Crippen molar-refractivity contribution >= 4 is 17.1 Å². The summed E-state index contributed by atoms with van der Waals surface area (Å²) in [7, 11) is 0. The molecule has 0 aliphatic carbocycles. The molecule has 0 saturated carbocycles. The summed E-state index contributed by atoms with van der Waals surface area (Å²) in [6, 6.07) is 4.67. The van der Waals surface area contributed by atoms with Crippen molar-refractivity contribution in [2.24, 2.45) is 5.84 Å². The third kappa shape index (κ3) is 3.33. The maximum Gasteiger partial charge on any atom is 0.273 e. The van der Waals surface area contributed by atoms with E-state index in [1.807, 2.05) is 0 Å². The molecule has 0 atom stereocenters. The summed E-state index contributed by atoms with van der Waals surface area (Å²) in [6.07, 6.45) is 1.72. The summed E-state index contributed by atoms with van der Waals surface area (Å²) in [5, 5.41) is 14.2. The highest BCUT2D eigenvalue weighted by Crippen LogP contribution is 2.29.